The molecule has 0 radical (unpaired) electrons. The first kappa shape index (κ1) is 20.6. The minimum Gasteiger partial charge on any atom is -0.390 e. The Morgan fingerprint density at radius 1 is 0.966 bits per heavy atom. The van der Waals surface area contributed by atoms with Crippen molar-refractivity contribution in [2.24, 2.45) is 0 Å². The third kappa shape index (κ3) is 5.66. The SMILES string of the molecule is CCCCCCC(=O)Nc1ccccc1C#Cc1cccc2ccc(CO)nc12. The maximum absolute atomic E-state index is 12.3. The minimum absolute atomic E-state index is 0.0229. The van der Waals surface area contributed by atoms with Crippen molar-refractivity contribution in [1.29, 1.82) is 0 Å². The van der Waals surface area contributed by atoms with Crippen molar-refractivity contribution in [3.05, 3.63) is 71.4 Å². The number of hydrogen-bond acceptors (Lipinski definition) is 3. The zero-order chi connectivity index (χ0) is 20.5. The molecule has 1 heterocycles. The Morgan fingerprint density at radius 3 is 2.59 bits per heavy atom. The van der Waals surface area contributed by atoms with Gasteiger partial charge in [-0.1, -0.05) is 68.4 Å². The smallest absolute Gasteiger partial charge is 0.224 e. The maximum Gasteiger partial charge on any atom is 0.224 e. The van der Waals surface area contributed by atoms with E-state index < -0.39 is 0 Å². The Bertz CT molecular complexity index is 1050. The van der Waals surface area contributed by atoms with Gasteiger partial charge < -0.3 is 10.4 Å². The third-order valence-corrected chi connectivity index (χ3v) is 4.73. The van der Waals surface area contributed by atoms with Crippen molar-refractivity contribution < 1.29 is 9.90 Å². The van der Waals surface area contributed by atoms with Crippen LogP contribution >= 0.6 is 0 Å². The topological polar surface area (TPSA) is 62.2 Å². The van der Waals surface area contributed by atoms with E-state index in [4.69, 9.17) is 0 Å². The summed E-state index contributed by atoms with van der Waals surface area (Å²) in [6.45, 7) is 2.05. The van der Waals surface area contributed by atoms with Crippen molar-refractivity contribution >= 4 is 22.5 Å². The van der Waals surface area contributed by atoms with Gasteiger partial charge in [0.15, 0.2) is 0 Å². The highest BCUT2D eigenvalue weighted by Crippen LogP contribution is 2.18. The quantitative estimate of drug-likeness (QED) is 0.442. The molecule has 0 bridgehead atoms. The number of carbonyl (C=O) groups excluding carboxylic acids is 1. The highest BCUT2D eigenvalue weighted by Gasteiger charge is 2.06. The molecule has 3 rings (SSSR count). The number of amides is 1. The van der Waals surface area contributed by atoms with Gasteiger partial charge in [0.2, 0.25) is 5.91 Å². The van der Waals surface area contributed by atoms with E-state index in [2.05, 4.69) is 29.1 Å². The lowest BCUT2D eigenvalue weighted by Crippen LogP contribution is -2.12. The van der Waals surface area contributed by atoms with Gasteiger partial charge in [-0.25, -0.2) is 4.98 Å². The third-order valence-electron chi connectivity index (χ3n) is 4.73. The molecule has 0 aliphatic carbocycles. The minimum atomic E-state index is -0.106. The van der Waals surface area contributed by atoms with Gasteiger partial charge in [0.25, 0.3) is 0 Å². The summed E-state index contributed by atoms with van der Waals surface area (Å²) in [5.74, 6) is 6.38. The summed E-state index contributed by atoms with van der Waals surface area (Å²) in [4.78, 5) is 16.8. The Kier molecular flexibility index (Phi) is 7.38. The van der Waals surface area contributed by atoms with Crippen LogP contribution < -0.4 is 5.32 Å². The average molecular weight is 386 g/mol. The van der Waals surface area contributed by atoms with Gasteiger partial charge in [-0.15, -0.1) is 0 Å². The van der Waals surface area contributed by atoms with E-state index in [9.17, 15) is 9.90 Å². The van der Waals surface area contributed by atoms with Gasteiger partial charge in [-0.3, -0.25) is 4.79 Å². The Hall–Kier alpha value is -3.16. The van der Waals surface area contributed by atoms with Crippen molar-refractivity contribution in [2.75, 3.05) is 5.32 Å². The zero-order valence-corrected chi connectivity index (χ0v) is 16.7. The van der Waals surface area contributed by atoms with Crippen molar-refractivity contribution in [1.82, 2.24) is 4.98 Å². The van der Waals surface area contributed by atoms with E-state index in [0.29, 0.717) is 12.1 Å². The number of aliphatic hydroxyl groups is 1. The largest absolute Gasteiger partial charge is 0.390 e. The molecule has 0 aliphatic rings. The molecule has 29 heavy (non-hydrogen) atoms. The number of anilines is 1. The monoisotopic (exact) mass is 386 g/mol. The Labute approximate surface area is 172 Å². The van der Waals surface area contributed by atoms with E-state index in [1.165, 1.54) is 0 Å². The van der Waals surface area contributed by atoms with Gasteiger partial charge in [-0.2, -0.15) is 0 Å². The molecule has 0 unspecified atom stereocenters. The molecule has 0 spiro atoms. The number of fused-ring (bicyclic) bond motifs is 1. The van der Waals surface area contributed by atoms with Crippen LogP contribution in [0.4, 0.5) is 5.69 Å². The lowest BCUT2D eigenvalue weighted by molar-refractivity contribution is -0.116. The lowest BCUT2D eigenvalue weighted by Gasteiger charge is -2.07. The summed E-state index contributed by atoms with van der Waals surface area (Å²) in [6, 6.07) is 17.2. The zero-order valence-electron chi connectivity index (χ0n) is 16.7. The number of carbonyl (C=O) groups is 1. The summed E-state index contributed by atoms with van der Waals surface area (Å²) < 4.78 is 0. The highest BCUT2D eigenvalue weighted by molar-refractivity contribution is 5.92. The second-order valence-corrected chi connectivity index (χ2v) is 6.99. The van der Waals surface area contributed by atoms with Crippen LogP contribution in [0, 0.1) is 11.8 Å². The number of nitrogens with zero attached hydrogens (tertiary/aromatic N) is 1. The Morgan fingerprint density at radius 2 is 1.76 bits per heavy atom. The molecular formula is C25H26N2O2. The lowest BCUT2D eigenvalue weighted by atomic mass is 10.1. The predicted octanol–water partition coefficient (Wildman–Crippen LogP) is 5.04. The van der Waals surface area contributed by atoms with Gasteiger partial charge in [0.1, 0.15) is 0 Å². The van der Waals surface area contributed by atoms with Gasteiger partial charge >= 0.3 is 0 Å². The summed E-state index contributed by atoms with van der Waals surface area (Å²) in [5.41, 5.74) is 3.67. The summed E-state index contributed by atoms with van der Waals surface area (Å²) >= 11 is 0. The molecule has 2 aromatic carbocycles. The van der Waals surface area contributed by atoms with Crippen LogP contribution in [0.25, 0.3) is 10.9 Å². The molecular weight excluding hydrogens is 360 g/mol. The van der Waals surface area contributed by atoms with Gasteiger partial charge in [0.05, 0.1) is 29.1 Å². The van der Waals surface area contributed by atoms with Crippen LogP contribution in [0.1, 0.15) is 55.8 Å². The van der Waals surface area contributed by atoms with Crippen molar-refractivity contribution in [3.8, 4) is 11.8 Å². The molecule has 4 heteroatoms. The van der Waals surface area contributed by atoms with Crippen LogP contribution in [0.15, 0.2) is 54.6 Å². The van der Waals surface area contributed by atoms with Crippen LogP contribution in [-0.4, -0.2) is 16.0 Å². The van der Waals surface area contributed by atoms with E-state index in [1.54, 1.807) is 0 Å². The molecule has 0 atom stereocenters. The number of rotatable bonds is 7. The molecule has 2 N–H and O–H groups in total. The average Bonchev–Trinajstić information content (AvgIpc) is 2.75. The number of hydrogen-bond donors (Lipinski definition) is 2. The Balaban J connectivity index is 1.81. The van der Waals surface area contributed by atoms with E-state index in [-0.39, 0.29) is 12.5 Å². The fourth-order valence-corrected chi connectivity index (χ4v) is 3.14. The summed E-state index contributed by atoms with van der Waals surface area (Å²) in [5, 5.41) is 13.3. The first-order chi connectivity index (χ1) is 14.2. The first-order valence-corrected chi connectivity index (χ1v) is 10.1. The van der Waals surface area contributed by atoms with Crippen LogP contribution in [-0.2, 0) is 11.4 Å². The van der Waals surface area contributed by atoms with E-state index in [0.717, 1.165) is 53.4 Å². The molecule has 1 aromatic heterocycles. The number of aliphatic hydroxyl groups excluding tert-OH is 1. The van der Waals surface area contributed by atoms with Gasteiger partial charge in [-0.05, 0) is 30.7 Å². The fraction of sp³-hybridized carbons (Fsp3) is 0.280. The standard InChI is InChI=1S/C25H26N2O2/c1-2-3-4-5-13-24(29)27-23-12-7-6-9-19(23)14-15-20-10-8-11-21-16-17-22(18-28)26-25(20)21/h6-12,16-17,28H,2-5,13,18H2,1H3,(H,27,29). The predicted molar refractivity (Wildman–Crippen MR) is 117 cm³/mol. The summed E-state index contributed by atoms with van der Waals surface area (Å²) in [6.07, 6.45) is 4.83. The van der Waals surface area contributed by atoms with Crippen LogP contribution in [0.5, 0.6) is 0 Å². The molecule has 148 valence electrons. The molecule has 0 aliphatic heterocycles. The van der Waals surface area contributed by atoms with Crippen molar-refractivity contribution in [2.45, 2.75) is 45.6 Å². The fourth-order valence-electron chi connectivity index (χ4n) is 3.14. The number of aromatic nitrogens is 1. The molecule has 1 amide bonds. The van der Waals surface area contributed by atoms with Gasteiger partial charge in [0, 0.05) is 17.4 Å². The van der Waals surface area contributed by atoms with Crippen LogP contribution in [0.3, 0.4) is 0 Å². The molecule has 4 nitrogen and oxygen atoms in total. The molecule has 3 aromatic rings. The molecule has 0 saturated carbocycles. The second-order valence-electron chi connectivity index (χ2n) is 6.99. The number of pyridine rings is 1. The normalized spacial score (nSPS) is 10.4. The highest BCUT2D eigenvalue weighted by atomic mass is 16.3. The number of nitrogens with one attached hydrogen (secondary N) is 1. The van der Waals surface area contributed by atoms with Crippen molar-refractivity contribution in [3.63, 3.8) is 0 Å². The second kappa shape index (κ2) is 10.4. The number of para-hydroxylation sites is 2. The van der Waals surface area contributed by atoms with Crippen LogP contribution in [0.2, 0.25) is 0 Å². The van der Waals surface area contributed by atoms with E-state index >= 15 is 0 Å². The van der Waals surface area contributed by atoms with E-state index in [1.807, 2.05) is 54.6 Å². The maximum atomic E-state index is 12.3. The molecule has 0 fully saturated rings. The molecule has 0 saturated heterocycles. The number of benzene rings is 2. The first-order valence-electron chi connectivity index (χ1n) is 10.1. The number of unbranched alkanes of at least 4 members (excludes halogenated alkanes) is 3. The summed E-state index contributed by atoms with van der Waals surface area (Å²) in [7, 11) is 0.